The van der Waals surface area contributed by atoms with Crippen molar-refractivity contribution in [3.05, 3.63) is 36.1 Å². The average Bonchev–Trinajstić information content (AvgIpc) is 2.91. The van der Waals surface area contributed by atoms with Gasteiger partial charge in [0.2, 0.25) is 0 Å². The fourth-order valence-electron chi connectivity index (χ4n) is 3.68. The van der Waals surface area contributed by atoms with Crippen LogP contribution in [-0.2, 0) is 6.54 Å². The molecule has 0 amide bonds. The Kier molecular flexibility index (Phi) is 5.28. The smallest absolute Gasteiger partial charge is 0.134 e. The zero-order chi connectivity index (χ0) is 17.2. The highest BCUT2D eigenvalue weighted by atomic mass is 16.3. The number of benzene rings is 1. The van der Waals surface area contributed by atoms with Crippen LogP contribution >= 0.6 is 0 Å². The van der Waals surface area contributed by atoms with Crippen LogP contribution in [0.3, 0.4) is 0 Å². The van der Waals surface area contributed by atoms with Crippen molar-refractivity contribution < 1.29 is 9.52 Å². The summed E-state index contributed by atoms with van der Waals surface area (Å²) in [6.45, 7) is 12.1. The molecular weight excluding hydrogens is 300 g/mol. The van der Waals surface area contributed by atoms with Crippen molar-refractivity contribution in [3.8, 4) is 0 Å². The Balaban J connectivity index is 1.65. The van der Waals surface area contributed by atoms with Gasteiger partial charge in [-0.15, -0.1) is 0 Å². The molecule has 3 rings (SSSR count). The normalized spacial score (nSPS) is 20.8. The highest BCUT2D eigenvalue weighted by Crippen LogP contribution is 2.24. The van der Waals surface area contributed by atoms with Crippen LogP contribution in [0.5, 0.6) is 0 Å². The van der Waals surface area contributed by atoms with Crippen LogP contribution in [-0.4, -0.2) is 53.7 Å². The van der Waals surface area contributed by atoms with Gasteiger partial charge < -0.3 is 9.52 Å². The van der Waals surface area contributed by atoms with Gasteiger partial charge >= 0.3 is 0 Å². The van der Waals surface area contributed by atoms with Crippen molar-refractivity contribution in [2.24, 2.45) is 5.41 Å². The van der Waals surface area contributed by atoms with E-state index >= 15 is 0 Å². The maximum Gasteiger partial charge on any atom is 0.134 e. The Labute approximate surface area is 145 Å². The number of piperazine rings is 1. The number of hydrogen-bond acceptors (Lipinski definition) is 4. The van der Waals surface area contributed by atoms with Crippen molar-refractivity contribution in [2.75, 3.05) is 32.8 Å². The minimum Gasteiger partial charge on any atom is -0.460 e. The zero-order valence-corrected chi connectivity index (χ0v) is 15.2. The van der Waals surface area contributed by atoms with Crippen LogP contribution in [0.1, 0.15) is 33.0 Å². The molecule has 0 saturated carbocycles. The van der Waals surface area contributed by atoms with Crippen LogP contribution in [0.2, 0.25) is 0 Å². The van der Waals surface area contributed by atoms with E-state index in [0.29, 0.717) is 6.04 Å². The molecule has 1 aromatic heterocycles. The second kappa shape index (κ2) is 7.26. The third kappa shape index (κ3) is 4.38. The van der Waals surface area contributed by atoms with E-state index in [-0.39, 0.29) is 12.0 Å². The van der Waals surface area contributed by atoms with Crippen molar-refractivity contribution in [3.63, 3.8) is 0 Å². The van der Waals surface area contributed by atoms with Crippen LogP contribution in [0.25, 0.3) is 11.0 Å². The summed E-state index contributed by atoms with van der Waals surface area (Å²) in [4.78, 5) is 5.00. The summed E-state index contributed by atoms with van der Waals surface area (Å²) in [5.74, 6) is 1.03. The van der Waals surface area contributed by atoms with Crippen LogP contribution in [0.4, 0.5) is 0 Å². The molecule has 0 aliphatic carbocycles. The first-order valence-electron chi connectivity index (χ1n) is 8.99. The molecule has 0 spiro atoms. The predicted molar refractivity (Wildman–Crippen MR) is 98.0 cm³/mol. The lowest BCUT2D eigenvalue weighted by Gasteiger charge is -2.43. The predicted octanol–water partition coefficient (Wildman–Crippen LogP) is 3.35. The summed E-state index contributed by atoms with van der Waals surface area (Å²) in [7, 11) is 0. The lowest BCUT2D eigenvalue weighted by atomic mass is 9.94. The molecule has 0 unspecified atom stereocenters. The van der Waals surface area contributed by atoms with Crippen molar-refractivity contribution in [1.82, 2.24) is 9.80 Å². The van der Waals surface area contributed by atoms with E-state index in [4.69, 9.17) is 4.42 Å². The summed E-state index contributed by atoms with van der Waals surface area (Å²) in [5, 5.41) is 10.6. The minimum atomic E-state index is 0.254. The van der Waals surface area contributed by atoms with Gasteiger partial charge in [-0.05, 0) is 24.0 Å². The second-order valence-corrected chi connectivity index (χ2v) is 8.18. The molecule has 1 aliphatic rings. The first-order chi connectivity index (χ1) is 11.4. The largest absolute Gasteiger partial charge is 0.460 e. The van der Waals surface area contributed by atoms with E-state index in [1.165, 1.54) is 5.39 Å². The van der Waals surface area contributed by atoms with Crippen molar-refractivity contribution in [2.45, 2.75) is 39.8 Å². The van der Waals surface area contributed by atoms with Crippen molar-refractivity contribution in [1.29, 1.82) is 0 Å². The zero-order valence-electron chi connectivity index (χ0n) is 15.2. The molecule has 1 atom stereocenters. The maximum atomic E-state index is 9.44. The monoisotopic (exact) mass is 330 g/mol. The summed E-state index contributed by atoms with van der Waals surface area (Å²) in [6.07, 6.45) is 0.840. The summed E-state index contributed by atoms with van der Waals surface area (Å²) < 4.78 is 5.97. The fraction of sp³-hybridized carbons (Fsp3) is 0.600. The van der Waals surface area contributed by atoms with Crippen molar-refractivity contribution >= 4 is 11.0 Å². The number of nitrogens with zero attached hydrogens (tertiary/aromatic N) is 2. The first-order valence-corrected chi connectivity index (χ1v) is 8.99. The summed E-state index contributed by atoms with van der Waals surface area (Å²) in [6, 6.07) is 10.7. The molecule has 1 fully saturated rings. The molecule has 1 aromatic carbocycles. The van der Waals surface area contributed by atoms with Gasteiger partial charge in [0.05, 0.1) is 6.54 Å². The van der Waals surface area contributed by atoms with E-state index < -0.39 is 0 Å². The molecule has 4 nitrogen and oxygen atoms in total. The topological polar surface area (TPSA) is 39.9 Å². The Morgan fingerprint density at radius 1 is 1.21 bits per heavy atom. The number of rotatable bonds is 5. The molecule has 24 heavy (non-hydrogen) atoms. The third-order valence-corrected chi connectivity index (χ3v) is 4.68. The highest BCUT2D eigenvalue weighted by Gasteiger charge is 2.29. The van der Waals surface area contributed by atoms with Gasteiger partial charge in [-0.1, -0.05) is 39.0 Å². The van der Waals surface area contributed by atoms with E-state index in [2.05, 4.69) is 42.7 Å². The van der Waals surface area contributed by atoms with E-state index in [1.807, 2.05) is 18.2 Å². The highest BCUT2D eigenvalue weighted by molar-refractivity contribution is 5.77. The van der Waals surface area contributed by atoms with Crippen LogP contribution in [0, 0.1) is 5.41 Å². The second-order valence-electron chi connectivity index (χ2n) is 8.18. The number of fused-ring (bicyclic) bond motifs is 1. The SMILES string of the molecule is CC(C)(C)CN1CCN(Cc2cc3ccccc3o2)C[C@H]1CCO. The fourth-order valence-corrected chi connectivity index (χ4v) is 3.68. The molecule has 4 heteroatoms. The van der Waals surface area contributed by atoms with Gasteiger partial charge in [0.25, 0.3) is 0 Å². The molecule has 1 aliphatic heterocycles. The van der Waals surface area contributed by atoms with Gasteiger partial charge in [0, 0.05) is 44.2 Å². The van der Waals surface area contributed by atoms with Gasteiger partial charge in [-0.2, -0.15) is 0 Å². The lowest BCUT2D eigenvalue weighted by molar-refractivity contribution is 0.0316. The van der Waals surface area contributed by atoms with Gasteiger partial charge in [-0.3, -0.25) is 9.80 Å². The van der Waals surface area contributed by atoms with Gasteiger partial charge in [0.1, 0.15) is 11.3 Å². The number of hydrogen-bond donors (Lipinski definition) is 1. The molecule has 0 radical (unpaired) electrons. The average molecular weight is 330 g/mol. The maximum absolute atomic E-state index is 9.44. The standard InChI is InChI=1S/C20H30N2O2/c1-20(2,3)15-22-10-9-21(13-17(22)8-11-23)14-18-12-16-6-4-5-7-19(16)24-18/h4-7,12,17,23H,8-11,13-15H2,1-3H3/t17-/m1/s1. The number of furan rings is 1. The lowest BCUT2D eigenvalue weighted by Crippen LogP contribution is -2.54. The van der Waals surface area contributed by atoms with Crippen LogP contribution < -0.4 is 0 Å². The molecular formula is C20H30N2O2. The Bertz CT molecular complexity index is 626. The number of aliphatic hydroxyl groups excluding tert-OH is 1. The summed E-state index contributed by atoms with van der Waals surface area (Å²) in [5.41, 5.74) is 1.25. The first kappa shape index (κ1) is 17.5. The Morgan fingerprint density at radius 3 is 2.71 bits per heavy atom. The molecule has 0 bridgehead atoms. The molecule has 132 valence electrons. The number of para-hydroxylation sites is 1. The molecule has 2 aromatic rings. The van der Waals surface area contributed by atoms with Crippen LogP contribution in [0.15, 0.2) is 34.7 Å². The van der Waals surface area contributed by atoms with Gasteiger partial charge in [0.15, 0.2) is 0 Å². The third-order valence-electron chi connectivity index (χ3n) is 4.68. The quantitative estimate of drug-likeness (QED) is 0.913. The van der Waals surface area contributed by atoms with E-state index in [0.717, 1.165) is 50.5 Å². The number of aliphatic hydroxyl groups is 1. The molecule has 1 saturated heterocycles. The minimum absolute atomic E-state index is 0.254. The van der Waals surface area contributed by atoms with E-state index in [9.17, 15) is 5.11 Å². The summed E-state index contributed by atoms with van der Waals surface area (Å²) >= 11 is 0. The Hall–Kier alpha value is -1.36. The van der Waals surface area contributed by atoms with Gasteiger partial charge in [-0.25, -0.2) is 0 Å². The molecule has 1 N–H and O–H groups in total. The molecule has 2 heterocycles. The Morgan fingerprint density at radius 2 is 2.00 bits per heavy atom. The van der Waals surface area contributed by atoms with E-state index in [1.54, 1.807) is 0 Å².